The topological polar surface area (TPSA) is 31.4 Å². The van der Waals surface area contributed by atoms with Crippen molar-refractivity contribution in [3.8, 4) is 0 Å². The quantitative estimate of drug-likeness (QED) is 0.899. The molecule has 0 amide bonds. The van der Waals surface area contributed by atoms with Gasteiger partial charge in [-0.25, -0.2) is 4.98 Å². The minimum absolute atomic E-state index is 0.429. The lowest BCUT2D eigenvalue weighted by Crippen LogP contribution is -2.58. The second-order valence-electron chi connectivity index (χ2n) is 6.80. The van der Waals surface area contributed by atoms with E-state index in [1.165, 1.54) is 32.1 Å². The van der Waals surface area contributed by atoms with Crippen LogP contribution < -0.4 is 10.2 Å². The van der Waals surface area contributed by atoms with Crippen LogP contribution in [0.1, 0.15) is 32.1 Å². The number of hydrogen-bond donors (Lipinski definition) is 1. The molecule has 2 fully saturated rings. The van der Waals surface area contributed by atoms with Gasteiger partial charge < -0.3 is 15.1 Å². The van der Waals surface area contributed by atoms with Crippen LogP contribution in [-0.2, 0) is 0 Å². The van der Waals surface area contributed by atoms with Crippen LogP contribution in [0.4, 0.5) is 5.82 Å². The highest BCUT2D eigenvalue weighted by molar-refractivity contribution is 5.38. The molecule has 0 spiro atoms. The number of aromatic nitrogens is 1. The molecule has 1 aromatic heterocycles. The molecule has 0 aromatic carbocycles. The summed E-state index contributed by atoms with van der Waals surface area (Å²) in [6.07, 6.45) is 8.41. The van der Waals surface area contributed by atoms with Gasteiger partial charge in [-0.3, -0.25) is 0 Å². The first-order chi connectivity index (χ1) is 10.2. The zero-order chi connectivity index (χ0) is 14.7. The van der Waals surface area contributed by atoms with Gasteiger partial charge in [-0.05, 0) is 58.3 Å². The predicted molar refractivity (Wildman–Crippen MR) is 87.7 cm³/mol. The monoisotopic (exact) mass is 288 g/mol. The van der Waals surface area contributed by atoms with Crippen LogP contribution in [0, 0.1) is 0 Å². The third-order valence-corrected chi connectivity index (χ3v) is 5.42. The molecule has 3 rings (SSSR count). The van der Waals surface area contributed by atoms with Crippen LogP contribution in [0.2, 0.25) is 0 Å². The summed E-state index contributed by atoms with van der Waals surface area (Å²) < 4.78 is 0. The van der Waals surface area contributed by atoms with Crippen molar-refractivity contribution in [2.75, 3.05) is 38.6 Å². The number of rotatable bonds is 5. The standard InChI is InChI=1S/C17H28N4/c1-20(2)17(9-5-10-17)14-19-15-7-12-21(13-8-15)16-6-3-4-11-18-16/h3-4,6,11,15,19H,5,7-10,12-14H2,1-2H3. The second-order valence-corrected chi connectivity index (χ2v) is 6.80. The summed E-state index contributed by atoms with van der Waals surface area (Å²) in [4.78, 5) is 9.29. The molecule has 116 valence electrons. The maximum Gasteiger partial charge on any atom is 0.128 e. The normalized spacial score (nSPS) is 22.3. The van der Waals surface area contributed by atoms with Gasteiger partial charge in [0.05, 0.1) is 0 Å². The number of likely N-dealkylation sites (N-methyl/N-ethyl adjacent to an activating group) is 1. The van der Waals surface area contributed by atoms with E-state index in [2.05, 4.69) is 46.3 Å². The van der Waals surface area contributed by atoms with Gasteiger partial charge in [0.1, 0.15) is 5.82 Å². The molecule has 1 aliphatic carbocycles. The number of nitrogens with zero attached hydrogens (tertiary/aromatic N) is 3. The summed E-state index contributed by atoms with van der Waals surface area (Å²) in [6, 6.07) is 6.84. The summed E-state index contributed by atoms with van der Waals surface area (Å²) >= 11 is 0. The molecule has 0 bridgehead atoms. The number of nitrogens with one attached hydrogen (secondary N) is 1. The summed E-state index contributed by atoms with van der Waals surface area (Å²) in [5.41, 5.74) is 0.429. The Hall–Kier alpha value is -1.13. The third-order valence-electron chi connectivity index (χ3n) is 5.42. The molecular formula is C17H28N4. The molecule has 1 saturated heterocycles. The van der Waals surface area contributed by atoms with E-state index in [9.17, 15) is 0 Å². The first-order valence-electron chi connectivity index (χ1n) is 8.26. The van der Waals surface area contributed by atoms with Crippen LogP contribution in [-0.4, -0.2) is 55.2 Å². The van der Waals surface area contributed by atoms with E-state index in [-0.39, 0.29) is 0 Å². The fourth-order valence-electron chi connectivity index (χ4n) is 3.55. The van der Waals surface area contributed by atoms with Gasteiger partial charge in [0.15, 0.2) is 0 Å². The molecule has 0 radical (unpaired) electrons. The SMILES string of the molecule is CN(C)C1(CNC2CCN(c3ccccn3)CC2)CCC1. The highest BCUT2D eigenvalue weighted by Crippen LogP contribution is 2.35. The third kappa shape index (κ3) is 3.22. The Morgan fingerprint density at radius 1 is 1.29 bits per heavy atom. The van der Waals surface area contributed by atoms with Crippen molar-refractivity contribution in [1.82, 2.24) is 15.2 Å². The first kappa shape index (κ1) is 14.8. The molecule has 2 aliphatic rings. The van der Waals surface area contributed by atoms with Crippen LogP contribution >= 0.6 is 0 Å². The van der Waals surface area contributed by atoms with E-state index in [0.717, 1.165) is 25.5 Å². The van der Waals surface area contributed by atoms with Gasteiger partial charge in [-0.1, -0.05) is 6.07 Å². The fraction of sp³-hybridized carbons (Fsp3) is 0.706. The maximum absolute atomic E-state index is 4.46. The maximum atomic E-state index is 4.46. The highest BCUT2D eigenvalue weighted by Gasteiger charge is 2.39. The summed E-state index contributed by atoms with van der Waals surface area (Å²) in [7, 11) is 4.45. The molecule has 4 heteroatoms. The van der Waals surface area contributed by atoms with Crippen molar-refractivity contribution in [2.45, 2.75) is 43.7 Å². The largest absolute Gasteiger partial charge is 0.357 e. The average molecular weight is 288 g/mol. The first-order valence-corrected chi connectivity index (χ1v) is 8.26. The molecule has 0 unspecified atom stereocenters. The van der Waals surface area contributed by atoms with Crippen LogP contribution in [0.15, 0.2) is 24.4 Å². The highest BCUT2D eigenvalue weighted by atomic mass is 15.2. The Bertz CT molecular complexity index is 433. The molecule has 1 saturated carbocycles. The van der Waals surface area contributed by atoms with Gasteiger partial charge in [0.25, 0.3) is 0 Å². The molecule has 0 atom stereocenters. The Labute approximate surface area is 128 Å². The van der Waals surface area contributed by atoms with Crippen LogP contribution in [0.5, 0.6) is 0 Å². The van der Waals surface area contributed by atoms with Crippen molar-refractivity contribution in [1.29, 1.82) is 0 Å². The van der Waals surface area contributed by atoms with Crippen LogP contribution in [0.3, 0.4) is 0 Å². The minimum Gasteiger partial charge on any atom is -0.357 e. The zero-order valence-electron chi connectivity index (χ0n) is 13.4. The summed E-state index contributed by atoms with van der Waals surface area (Å²) in [5.74, 6) is 1.12. The second kappa shape index (κ2) is 6.32. The van der Waals surface area contributed by atoms with Crippen molar-refractivity contribution >= 4 is 5.82 Å². The van der Waals surface area contributed by atoms with Gasteiger partial charge >= 0.3 is 0 Å². The molecule has 4 nitrogen and oxygen atoms in total. The Balaban J connectivity index is 1.46. The molecule has 1 aliphatic heterocycles. The molecule has 1 N–H and O–H groups in total. The van der Waals surface area contributed by atoms with Gasteiger partial charge in [0, 0.05) is 37.4 Å². The van der Waals surface area contributed by atoms with Gasteiger partial charge in [0.2, 0.25) is 0 Å². The predicted octanol–water partition coefficient (Wildman–Crippen LogP) is 2.12. The van der Waals surface area contributed by atoms with E-state index >= 15 is 0 Å². The van der Waals surface area contributed by atoms with Crippen molar-refractivity contribution in [3.63, 3.8) is 0 Å². The van der Waals surface area contributed by atoms with E-state index in [4.69, 9.17) is 0 Å². The Morgan fingerprint density at radius 2 is 2.05 bits per heavy atom. The lowest BCUT2D eigenvalue weighted by Gasteiger charge is -2.48. The molecular weight excluding hydrogens is 260 g/mol. The van der Waals surface area contributed by atoms with Gasteiger partial charge in [-0.15, -0.1) is 0 Å². The lowest BCUT2D eigenvalue weighted by atomic mass is 9.75. The minimum atomic E-state index is 0.429. The molecule has 2 heterocycles. The van der Waals surface area contributed by atoms with Gasteiger partial charge in [-0.2, -0.15) is 0 Å². The van der Waals surface area contributed by atoms with E-state index < -0.39 is 0 Å². The number of piperidine rings is 1. The molecule has 21 heavy (non-hydrogen) atoms. The Morgan fingerprint density at radius 3 is 2.57 bits per heavy atom. The lowest BCUT2D eigenvalue weighted by molar-refractivity contribution is 0.0561. The van der Waals surface area contributed by atoms with E-state index in [1.54, 1.807) is 0 Å². The summed E-state index contributed by atoms with van der Waals surface area (Å²) in [6.45, 7) is 3.38. The van der Waals surface area contributed by atoms with Crippen LogP contribution in [0.25, 0.3) is 0 Å². The van der Waals surface area contributed by atoms with Crippen molar-refractivity contribution in [2.24, 2.45) is 0 Å². The smallest absolute Gasteiger partial charge is 0.128 e. The average Bonchev–Trinajstić information content (AvgIpc) is 2.47. The van der Waals surface area contributed by atoms with Crippen molar-refractivity contribution < 1.29 is 0 Å². The molecule has 1 aromatic rings. The zero-order valence-corrected chi connectivity index (χ0v) is 13.4. The number of hydrogen-bond acceptors (Lipinski definition) is 4. The van der Waals surface area contributed by atoms with E-state index in [0.29, 0.717) is 11.6 Å². The van der Waals surface area contributed by atoms with E-state index in [1.807, 2.05) is 12.3 Å². The Kier molecular flexibility index (Phi) is 4.45. The number of anilines is 1. The fourth-order valence-corrected chi connectivity index (χ4v) is 3.55. The number of pyridine rings is 1. The summed E-state index contributed by atoms with van der Waals surface area (Å²) in [5, 5.41) is 3.83. The van der Waals surface area contributed by atoms with Crippen molar-refractivity contribution in [3.05, 3.63) is 24.4 Å².